The molecule has 1 atom stereocenters. The van der Waals surface area contributed by atoms with E-state index in [1.54, 1.807) is 31.2 Å². The summed E-state index contributed by atoms with van der Waals surface area (Å²) in [4.78, 5) is 25.3. The lowest BCUT2D eigenvalue weighted by Gasteiger charge is -2.13. The summed E-state index contributed by atoms with van der Waals surface area (Å²) in [6, 6.07) is 9.67. The molecule has 0 aliphatic heterocycles. The van der Waals surface area contributed by atoms with E-state index >= 15 is 0 Å². The van der Waals surface area contributed by atoms with Crippen molar-refractivity contribution in [1.29, 1.82) is 0 Å². The van der Waals surface area contributed by atoms with Crippen LogP contribution in [0.1, 0.15) is 40.9 Å². The third-order valence-corrected chi connectivity index (χ3v) is 5.45. The lowest BCUT2D eigenvalue weighted by molar-refractivity contribution is -0.119. The molecule has 28 heavy (non-hydrogen) atoms. The van der Waals surface area contributed by atoms with Crippen LogP contribution in [0.5, 0.6) is 5.75 Å². The fraction of sp³-hybridized carbons (Fsp3) is 0.238. The average Bonchev–Trinajstić information content (AvgIpc) is 2.93. The van der Waals surface area contributed by atoms with Crippen LogP contribution in [0.25, 0.3) is 10.9 Å². The second-order valence-corrected chi connectivity index (χ2v) is 7.43. The molecule has 1 heterocycles. The summed E-state index contributed by atoms with van der Waals surface area (Å²) < 4.78 is 21.8. The molecule has 0 spiro atoms. The number of carbonyl (C=O) groups is 2. The van der Waals surface area contributed by atoms with Crippen LogP contribution >= 0.6 is 15.9 Å². The minimum absolute atomic E-state index is 0.0429. The number of carbonyl (C=O) groups excluding carboxylic acids is 2. The molecule has 0 fully saturated rings. The number of benzene rings is 2. The first-order chi connectivity index (χ1) is 13.3. The summed E-state index contributed by atoms with van der Waals surface area (Å²) >= 11 is 3.35. The number of nitrogens with two attached hydrogens (primary N) is 1. The Morgan fingerprint density at radius 2 is 1.89 bits per heavy atom. The Labute approximate surface area is 170 Å². The van der Waals surface area contributed by atoms with E-state index in [4.69, 9.17) is 10.5 Å². The Kier molecular flexibility index (Phi) is 5.56. The Bertz CT molecular complexity index is 1070. The highest BCUT2D eigenvalue weighted by Crippen LogP contribution is 2.37. The molecule has 0 bridgehead atoms. The van der Waals surface area contributed by atoms with Crippen LogP contribution in [-0.2, 0) is 4.79 Å². The van der Waals surface area contributed by atoms with Crippen LogP contribution < -0.4 is 10.5 Å². The van der Waals surface area contributed by atoms with Gasteiger partial charge in [-0.15, -0.1) is 0 Å². The molecule has 0 radical (unpaired) electrons. The van der Waals surface area contributed by atoms with Crippen LogP contribution in [0, 0.1) is 12.7 Å². The minimum Gasteiger partial charge on any atom is -0.494 e. The van der Waals surface area contributed by atoms with Crippen LogP contribution in [0.15, 0.2) is 40.9 Å². The van der Waals surface area contributed by atoms with Gasteiger partial charge in [-0.05, 0) is 49.2 Å². The van der Waals surface area contributed by atoms with Gasteiger partial charge in [-0.2, -0.15) is 0 Å². The predicted molar refractivity (Wildman–Crippen MR) is 109 cm³/mol. The topological polar surface area (TPSA) is 74.3 Å². The largest absolute Gasteiger partial charge is 0.494 e. The average molecular weight is 447 g/mol. The monoisotopic (exact) mass is 446 g/mol. The van der Waals surface area contributed by atoms with E-state index in [0.29, 0.717) is 34.1 Å². The summed E-state index contributed by atoms with van der Waals surface area (Å²) in [5, 5.41) is 0.576. The first-order valence-corrected chi connectivity index (χ1v) is 9.57. The van der Waals surface area contributed by atoms with Gasteiger partial charge in [0.05, 0.1) is 18.5 Å². The number of rotatable bonds is 5. The fourth-order valence-corrected chi connectivity index (χ4v) is 3.83. The van der Waals surface area contributed by atoms with Crippen molar-refractivity contribution < 1.29 is 18.7 Å². The summed E-state index contributed by atoms with van der Waals surface area (Å²) in [5.41, 5.74) is 7.60. The van der Waals surface area contributed by atoms with Gasteiger partial charge < -0.3 is 10.5 Å². The third-order valence-electron chi connectivity index (χ3n) is 4.92. The first-order valence-electron chi connectivity index (χ1n) is 8.78. The Morgan fingerprint density at radius 3 is 2.43 bits per heavy atom. The molecule has 5 nitrogen and oxygen atoms in total. The van der Waals surface area contributed by atoms with Gasteiger partial charge in [0, 0.05) is 27.2 Å². The molecule has 7 heteroatoms. The molecule has 0 saturated heterocycles. The van der Waals surface area contributed by atoms with E-state index in [1.807, 2.05) is 6.92 Å². The SMILES string of the molecule is CCC(C(N)=O)c1c(C)n(C(=O)c2ccc(Br)cc2)c2cc(F)c(OC)cc12. The smallest absolute Gasteiger partial charge is 0.262 e. The van der Waals surface area contributed by atoms with Crippen molar-refractivity contribution in [2.75, 3.05) is 7.11 Å². The number of methoxy groups -OCH3 is 1. The maximum Gasteiger partial charge on any atom is 0.262 e. The standard InChI is InChI=1S/C21H20BrFN2O3/c1-4-14(20(24)26)19-11(2)25(21(27)12-5-7-13(22)8-6-12)17-10-16(23)18(28-3)9-15(17)19/h5-10,14H,4H2,1-3H3,(H2,24,26). The van der Waals surface area contributed by atoms with Gasteiger partial charge in [-0.3, -0.25) is 14.2 Å². The van der Waals surface area contributed by atoms with Crippen molar-refractivity contribution in [2.45, 2.75) is 26.2 Å². The second-order valence-electron chi connectivity index (χ2n) is 6.51. The third kappa shape index (κ3) is 3.30. The summed E-state index contributed by atoms with van der Waals surface area (Å²) in [5.74, 6) is -1.96. The Balaban J connectivity index is 2.35. The number of hydrogen-bond donors (Lipinski definition) is 1. The molecule has 1 aromatic heterocycles. The van der Waals surface area contributed by atoms with Crippen molar-refractivity contribution in [3.63, 3.8) is 0 Å². The first kappa shape index (κ1) is 20.1. The number of primary amides is 1. The molecule has 3 rings (SSSR count). The quantitative estimate of drug-likeness (QED) is 0.625. The van der Waals surface area contributed by atoms with Gasteiger partial charge in [0.1, 0.15) is 0 Å². The van der Waals surface area contributed by atoms with Gasteiger partial charge in [0.15, 0.2) is 11.6 Å². The predicted octanol–water partition coefficient (Wildman–Crippen LogP) is 4.53. The van der Waals surface area contributed by atoms with Crippen LogP contribution in [0.2, 0.25) is 0 Å². The molecule has 146 valence electrons. The lowest BCUT2D eigenvalue weighted by Crippen LogP contribution is -2.22. The van der Waals surface area contributed by atoms with Gasteiger partial charge in [0.2, 0.25) is 5.91 Å². The van der Waals surface area contributed by atoms with E-state index < -0.39 is 17.6 Å². The van der Waals surface area contributed by atoms with Crippen molar-refractivity contribution in [3.8, 4) is 5.75 Å². The summed E-state index contributed by atoms with van der Waals surface area (Å²) in [7, 11) is 1.37. The molecular formula is C21H20BrFN2O3. The number of hydrogen-bond acceptors (Lipinski definition) is 3. The number of nitrogens with zero attached hydrogens (tertiary/aromatic N) is 1. The highest BCUT2D eigenvalue weighted by atomic mass is 79.9. The molecule has 2 aromatic carbocycles. The summed E-state index contributed by atoms with van der Waals surface area (Å²) in [6.07, 6.45) is 0.460. The Hall–Kier alpha value is -2.67. The van der Waals surface area contributed by atoms with E-state index in [0.717, 1.165) is 4.47 Å². The van der Waals surface area contributed by atoms with Crippen molar-refractivity contribution in [1.82, 2.24) is 4.57 Å². The number of halogens is 2. The summed E-state index contributed by atoms with van der Waals surface area (Å²) in [6.45, 7) is 3.58. The van der Waals surface area contributed by atoms with Gasteiger partial charge in [0.25, 0.3) is 5.91 Å². The molecule has 0 aliphatic carbocycles. The van der Waals surface area contributed by atoms with E-state index in [1.165, 1.54) is 23.8 Å². The highest BCUT2D eigenvalue weighted by Gasteiger charge is 2.28. The number of fused-ring (bicyclic) bond motifs is 1. The van der Waals surface area contributed by atoms with Crippen molar-refractivity contribution in [2.24, 2.45) is 5.73 Å². The molecular weight excluding hydrogens is 427 g/mol. The highest BCUT2D eigenvalue weighted by molar-refractivity contribution is 9.10. The van der Waals surface area contributed by atoms with Crippen LogP contribution in [0.3, 0.4) is 0 Å². The fourth-order valence-electron chi connectivity index (χ4n) is 3.57. The van der Waals surface area contributed by atoms with Crippen molar-refractivity contribution >= 4 is 38.6 Å². The second kappa shape index (κ2) is 7.75. The van der Waals surface area contributed by atoms with Gasteiger partial charge in [-0.25, -0.2) is 4.39 Å². The molecule has 0 saturated carbocycles. The number of ether oxygens (including phenoxy) is 1. The van der Waals surface area contributed by atoms with Crippen LogP contribution in [-0.4, -0.2) is 23.5 Å². The zero-order valence-electron chi connectivity index (χ0n) is 15.8. The molecule has 2 N–H and O–H groups in total. The normalized spacial score (nSPS) is 12.2. The number of amides is 1. The molecule has 3 aromatic rings. The van der Waals surface area contributed by atoms with Crippen LogP contribution in [0.4, 0.5) is 4.39 Å². The van der Waals surface area contributed by atoms with E-state index in [2.05, 4.69) is 15.9 Å². The Morgan fingerprint density at radius 1 is 1.25 bits per heavy atom. The molecule has 1 unspecified atom stereocenters. The zero-order chi connectivity index (χ0) is 20.6. The maximum absolute atomic E-state index is 14.5. The molecule has 1 amide bonds. The van der Waals surface area contributed by atoms with E-state index in [-0.39, 0.29) is 11.7 Å². The molecule has 0 aliphatic rings. The minimum atomic E-state index is -0.600. The van der Waals surface area contributed by atoms with E-state index in [9.17, 15) is 14.0 Å². The van der Waals surface area contributed by atoms with Crippen molar-refractivity contribution in [3.05, 3.63) is 63.5 Å². The number of aromatic nitrogens is 1. The van der Waals surface area contributed by atoms with Gasteiger partial charge in [-0.1, -0.05) is 22.9 Å². The lowest BCUT2D eigenvalue weighted by atomic mass is 9.93. The van der Waals surface area contributed by atoms with Gasteiger partial charge >= 0.3 is 0 Å². The zero-order valence-corrected chi connectivity index (χ0v) is 17.3. The maximum atomic E-state index is 14.5.